The predicted octanol–water partition coefficient (Wildman–Crippen LogP) is 1.60. The molecule has 0 spiro atoms. The first-order valence-electron chi connectivity index (χ1n) is 11.1. The summed E-state index contributed by atoms with van der Waals surface area (Å²) < 4.78 is 21.1. The van der Waals surface area contributed by atoms with Crippen LogP contribution in [0, 0.1) is 5.82 Å². The second-order valence-electron chi connectivity index (χ2n) is 8.26. The number of methoxy groups -OCH3 is 1. The van der Waals surface area contributed by atoms with E-state index in [1.165, 1.54) is 18.7 Å². The van der Waals surface area contributed by atoms with E-state index in [9.17, 15) is 9.18 Å². The number of nitrogens with one attached hydrogen (secondary N) is 4. The fraction of sp³-hybridized carbons (Fsp3) is 0.280. The Labute approximate surface area is 207 Å². The van der Waals surface area contributed by atoms with Gasteiger partial charge in [0.1, 0.15) is 0 Å². The molecule has 178 valence electrons. The summed E-state index contributed by atoms with van der Waals surface area (Å²) in [4.78, 5) is 21.1. The zero-order valence-electron chi connectivity index (χ0n) is 19.0. The van der Waals surface area contributed by atoms with Gasteiger partial charge in [-0.1, -0.05) is 0 Å². The fourth-order valence-electron chi connectivity index (χ4n) is 4.32. The van der Waals surface area contributed by atoms with Gasteiger partial charge in [0.05, 0.1) is 0 Å². The Morgan fingerprint density at radius 1 is 1.26 bits per heavy atom. The van der Waals surface area contributed by atoms with E-state index in [0.717, 1.165) is 40.0 Å². The summed E-state index contributed by atoms with van der Waals surface area (Å²) in [6.45, 7) is 3.58. The van der Waals surface area contributed by atoms with Crippen molar-refractivity contribution in [3.8, 4) is 17.0 Å². The number of aromatic nitrogens is 2. The number of aromatic amines is 1. The molecule has 4 heterocycles. The number of para-hydroxylation sites is 1. The van der Waals surface area contributed by atoms with E-state index in [1.54, 1.807) is 24.5 Å². The monoisotopic (exact) mass is 574 g/mol. The van der Waals surface area contributed by atoms with Crippen LogP contribution in [-0.2, 0) is 0 Å². The zero-order valence-corrected chi connectivity index (χ0v) is 21.1. The van der Waals surface area contributed by atoms with Gasteiger partial charge in [-0.2, -0.15) is 0 Å². The van der Waals surface area contributed by atoms with Crippen molar-refractivity contribution in [2.24, 2.45) is 0 Å². The van der Waals surface area contributed by atoms with Crippen LogP contribution in [0.3, 0.4) is 0 Å². The molecule has 2 bridgehead atoms. The molecular formula is C25H26FIN5O2-. The number of halogens is 2. The SMILES string of the molecule is COc1c(F)cccc1Nc1c2[nH]c3c1C(=O)NC[C@H]3[I-]C/C(C)=C/CCNc1cnccc1-2. The van der Waals surface area contributed by atoms with Crippen LogP contribution < -0.4 is 41.9 Å². The average molecular weight is 574 g/mol. The molecule has 7 nitrogen and oxygen atoms in total. The summed E-state index contributed by atoms with van der Waals surface area (Å²) >= 11 is -0.250. The van der Waals surface area contributed by atoms with Crippen LogP contribution in [0.2, 0.25) is 0 Å². The van der Waals surface area contributed by atoms with E-state index in [0.29, 0.717) is 23.5 Å². The van der Waals surface area contributed by atoms with Gasteiger partial charge in [-0.05, 0) is 0 Å². The Kier molecular flexibility index (Phi) is 6.44. The van der Waals surface area contributed by atoms with Gasteiger partial charge in [-0.25, -0.2) is 0 Å². The van der Waals surface area contributed by atoms with Crippen LogP contribution in [0.5, 0.6) is 5.75 Å². The Bertz CT molecular complexity index is 1270. The molecule has 5 rings (SSSR count). The standard InChI is InChI=1S/C25H26FIN5O2/c1-14-5-4-9-29-19-13-28-10-8-15(19)21-23(31-18-7-3-6-16(26)24(18)34-2)20-22(32-21)17(27-11-14)12-30-25(20)33/h3,5-8,10,13,17,29,31-32H,4,9,11-12H2,1-2H3,(H,30,33)/q-1/b14-5+/t17-/m1/s1. The van der Waals surface area contributed by atoms with Gasteiger partial charge in [0.15, 0.2) is 0 Å². The number of hydrogen-bond acceptors (Lipinski definition) is 5. The molecule has 34 heavy (non-hydrogen) atoms. The van der Waals surface area contributed by atoms with E-state index in [1.807, 2.05) is 6.07 Å². The summed E-state index contributed by atoms with van der Waals surface area (Å²) in [5.41, 5.74) is 6.52. The molecule has 1 atom stereocenters. The van der Waals surface area contributed by atoms with Crippen molar-refractivity contribution >= 4 is 23.0 Å². The molecule has 4 N–H and O–H groups in total. The number of nitrogens with zero attached hydrogens (tertiary/aromatic N) is 1. The van der Waals surface area contributed by atoms with Gasteiger partial charge in [0, 0.05) is 0 Å². The summed E-state index contributed by atoms with van der Waals surface area (Å²) in [5, 5.41) is 9.90. The van der Waals surface area contributed by atoms with E-state index in [2.05, 4.69) is 38.9 Å². The first-order valence-corrected chi connectivity index (χ1v) is 13.9. The van der Waals surface area contributed by atoms with Crippen molar-refractivity contribution in [1.82, 2.24) is 15.3 Å². The van der Waals surface area contributed by atoms with Gasteiger partial charge in [0.25, 0.3) is 0 Å². The normalized spacial score (nSPS) is 19.4. The maximum absolute atomic E-state index is 14.5. The molecule has 0 aliphatic carbocycles. The summed E-state index contributed by atoms with van der Waals surface area (Å²) in [6.07, 6.45) is 6.75. The number of fused-ring (bicyclic) bond motifs is 3. The quantitative estimate of drug-likeness (QED) is 0.217. The fourth-order valence-corrected chi connectivity index (χ4v) is 7.30. The molecule has 0 unspecified atom stereocenters. The maximum atomic E-state index is 14.5. The number of hydrogen-bond donors (Lipinski definition) is 4. The topological polar surface area (TPSA) is 91.1 Å². The number of pyridine rings is 1. The molecule has 0 saturated carbocycles. The molecule has 0 radical (unpaired) electrons. The molecule has 9 heteroatoms. The minimum atomic E-state index is -0.470. The number of anilines is 3. The van der Waals surface area contributed by atoms with Crippen LogP contribution in [-0.4, -0.2) is 40.5 Å². The molecule has 0 fully saturated rings. The Morgan fingerprint density at radius 2 is 2.15 bits per heavy atom. The number of allylic oxidation sites excluding steroid dienone is 1. The minimum absolute atomic E-state index is 0.104. The third kappa shape index (κ3) is 4.24. The zero-order chi connectivity index (χ0) is 23.7. The molecule has 2 aliphatic rings. The molecule has 3 aromatic rings. The summed E-state index contributed by atoms with van der Waals surface area (Å²) in [5.74, 6) is -0.507. The Balaban J connectivity index is 1.72. The van der Waals surface area contributed by atoms with E-state index in [4.69, 9.17) is 4.74 Å². The number of H-pyrrole nitrogens is 1. The molecule has 0 saturated heterocycles. The molecular weight excluding hydrogens is 548 g/mol. The van der Waals surface area contributed by atoms with Crippen LogP contribution in [0.4, 0.5) is 21.5 Å². The molecule has 1 aromatic carbocycles. The third-order valence-corrected chi connectivity index (χ3v) is 9.73. The van der Waals surface area contributed by atoms with Crippen molar-refractivity contribution in [3.05, 3.63) is 65.4 Å². The van der Waals surface area contributed by atoms with Crippen LogP contribution in [0.15, 0.2) is 48.3 Å². The van der Waals surface area contributed by atoms with Gasteiger partial charge < -0.3 is 0 Å². The number of alkyl halides is 2. The first kappa shape index (κ1) is 22.7. The van der Waals surface area contributed by atoms with Gasteiger partial charge in [-0.3, -0.25) is 0 Å². The number of amides is 1. The number of rotatable bonds is 3. The second kappa shape index (κ2) is 9.65. The summed E-state index contributed by atoms with van der Waals surface area (Å²) in [7, 11) is 1.43. The molecule has 2 aromatic heterocycles. The average Bonchev–Trinajstić information content (AvgIpc) is 3.21. The van der Waals surface area contributed by atoms with Crippen molar-refractivity contribution in [1.29, 1.82) is 0 Å². The van der Waals surface area contributed by atoms with Crippen LogP contribution in [0.1, 0.15) is 33.3 Å². The third-order valence-electron chi connectivity index (χ3n) is 5.96. The van der Waals surface area contributed by atoms with E-state index < -0.39 is 5.82 Å². The van der Waals surface area contributed by atoms with Crippen LogP contribution in [0.25, 0.3) is 11.3 Å². The predicted molar refractivity (Wildman–Crippen MR) is 127 cm³/mol. The molecule has 1 amide bonds. The summed E-state index contributed by atoms with van der Waals surface area (Å²) in [6, 6.07) is 6.64. The van der Waals surface area contributed by atoms with Crippen molar-refractivity contribution in [3.63, 3.8) is 0 Å². The van der Waals surface area contributed by atoms with Gasteiger partial charge in [0.2, 0.25) is 0 Å². The van der Waals surface area contributed by atoms with Crippen LogP contribution >= 0.6 is 0 Å². The first-order chi connectivity index (χ1) is 16.6. The number of benzene rings is 1. The Hall–Kier alpha value is -3.08. The second-order valence-corrected chi connectivity index (χ2v) is 11.4. The van der Waals surface area contributed by atoms with Crippen molar-refractivity contribution < 1.29 is 35.1 Å². The number of carbonyl (C=O) groups excluding carboxylic acids is 1. The van der Waals surface area contributed by atoms with Gasteiger partial charge in [-0.15, -0.1) is 0 Å². The Morgan fingerprint density at radius 3 is 3.00 bits per heavy atom. The molecule has 2 aliphatic heterocycles. The van der Waals surface area contributed by atoms with Crippen molar-refractivity contribution in [2.45, 2.75) is 17.3 Å². The number of carbonyl (C=O) groups is 1. The van der Waals surface area contributed by atoms with E-state index >= 15 is 0 Å². The van der Waals surface area contributed by atoms with E-state index in [-0.39, 0.29) is 36.8 Å². The van der Waals surface area contributed by atoms with Gasteiger partial charge >= 0.3 is 208 Å². The van der Waals surface area contributed by atoms with Crippen molar-refractivity contribution in [2.75, 3.05) is 35.3 Å². The number of ether oxygens (including phenoxy) is 1.